The van der Waals surface area contributed by atoms with Crippen molar-refractivity contribution in [1.29, 1.82) is 0 Å². The summed E-state index contributed by atoms with van der Waals surface area (Å²) < 4.78 is 11.1. The Labute approximate surface area is 130 Å². The Morgan fingerprint density at radius 2 is 2.05 bits per heavy atom. The molecule has 0 saturated carbocycles. The molecule has 22 heavy (non-hydrogen) atoms. The highest BCUT2D eigenvalue weighted by atomic mass is 16.7. The summed E-state index contributed by atoms with van der Waals surface area (Å²) in [4.78, 5) is 2.59. The maximum Gasteiger partial charge on any atom is 0.231 e. The molecule has 1 saturated heterocycles. The van der Waals surface area contributed by atoms with Gasteiger partial charge in [-0.3, -0.25) is 4.90 Å². The maximum atomic E-state index is 10.9. The van der Waals surface area contributed by atoms with Gasteiger partial charge in [0.1, 0.15) is 0 Å². The Hall–Kier alpha value is -1.52. The van der Waals surface area contributed by atoms with Crippen LogP contribution < -0.4 is 9.47 Å². The third kappa shape index (κ3) is 1.49. The van der Waals surface area contributed by atoms with E-state index in [0.717, 1.165) is 43.0 Å². The van der Waals surface area contributed by atoms with E-state index in [4.69, 9.17) is 9.47 Å². The second kappa shape index (κ2) is 4.27. The van der Waals surface area contributed by atoms with Gasteiger partial charge in [-0.1, -0.05) is 6.08 Å². The first kappa shape index (κ1) is 13.0. The molecule has 0 aromatic heterocycles. The van der Waals surface area contributed by atoms with E-state index < -0.39 is 6.10 Å². The van der Waals surface area contributed by atoms with Gasteiger partial charge >= 0.3 is 0 Å². The average molecular weight is 299 g/mol. The van der Waals surface area contributed by atoms with Crippen LogP contribution in [0.2, 0.25) is 0 Å². The van der Waals surface area contributed by atoms with Gasteiger partial charge in [-0.05, 0) is 61.6 Å². The van der Waals surface area contributed by atoms with Crippen LogP contribution in [0.5, 0.6) is 11.5 Å². The molecule has 3 heterocycles. The fourth-order valence-corrected chi connectivity index (χ4v) is 5.06. The SMILES string of the molecule is CC1=CC23CCCN2CCc2cc4c(cc2C3C1O)OCO4. The molecule has 3 atom stereocenters. The normalized spacial score (nSPS) is 35.6. The van der Waals surface area contributed by atoms with Crippen molar-refractivity contribution in [2.75, 3.05) is 19.9 Å². The molecule has 4 nitrogen and oxygen atoms in total. The molecule has 3 unspecified atom stereocenters. The summed E-state index contributed by atoms with van der Waals surface area (Å²) in [7, 11) is 0. The summed E-state index contributed by atoms with van der Waals surface area (Å²) in [5, 5.41) is 10.9. The van der Waals surface area contributed by atoms with Gasteiger partial charge in [-0.25, -0.2) is 0 Å². The molecule has 5 rings (SSSR count). The quantitative estimate of drug-likeness (QED) is 0.746. The van der Waals surface area contributed by atoms with E-state index in [2.05, 4.69) is 30.0 Å². The highest BCUT2D eigenvalue weighted by molar-refractivity contribution is 5.54. The lowest BCUT2D eigenvalue weighted by atomic mass is 9.77. The van der Waals surface area contributed by atoms with Gasteiger partial charge in [0, 0.05) is 18.0 Å². The van der Waals surface area contributed by atoms with Crippen molar-refractivity contribution < 1.29 is 14.6 Å². The van der Waals surface area contributed by atoms with Gasteiger partial charge < -0.3 is 14.6 Å². The van der Waals surface area contributed by atoms with Crippen molar-refractivity contribution in [3.05, 3.63) is 34.9 Å². The van der Waals surface area contributed by atoms with Crippen LogP contribution >= 0.6 is 0 Å². The summed E-state index contributed by atoms with van der Waals surface area (Å²) in [6.07, 6.45) is 5.32. The number of ether oxygens (including phenoxy) is 2. The van der Waals surface area contributed by atoms with E-state index in [0.29, 0.717) is 6.79 Å². The Balaban J connectivity index is 1.72. The highest BCUT2D eigenvalue weighted by Crippen LogP contribution is 2.54. The molecule has 0 radical (unpaired) electrons. The molecule has 116 valence electrons. The van der Waals surface area contributed by atoms with Crippen LogP contribution in [0.25, 0.3) is 0 Å². The van der Waals surface area contributed by atoms with Crippen LogP contribution in [0, 0.1) is 0 Å². The van der Waals surface area contributed by atoms with Gasteiger partial charge in [0.15, 0.2) is 11.5 Å². The first-order valence-corrected chi connectivity index (χ1v) is 8.24. The topological polar surface area (TPSA) is 41.9 Å². The number of hydrogen-bond donors (Lipinski definition) is 1. The number of rotatable bonds is 0. The zero-order valence-corrected chi connectivity index (χ0v) is 12.8. The number of aliphatic hydroxyl groups excluding tert-OH is 1. The van der Waals surface area contributed by atoms with Crippen LogP contribution in [0.15, 0.2) is 23.8 Å². The molecule has 1 aliphatic carbocycles. The van der Waals surface area contributed by atoms with E-state index in [1.54, 1.807) is 0 Å². The largest absolute Gasteiger partial charge is 0.454 e. The van der Waals surface area contributed by atoms with E-state index in [9.17, 15) is 5.11 Å². The molecule has 1 spiro atoms. The van der Waals surface area contributed by atoms with E-state index >= 15 is 0 Å². The van der Waals surface area contributed by atoms with Crippen LogP contribution in [0.3, 0.4) is 0 Å². The van der Waals surface area contributed by atoms with Crippen LogP contribution in [-0.2, 0) is 6.42 Å². The lowest BCUT2D eigenvalue weighted by molar-refractivity contribution is 0.102. The number of benzene rings is 1. The summed E-state index contributed by atoms with van der Waals surface area (Å²) in [6, 6.07) is 4.26. The van der Waals surface area contributed by atoms with Crippen molar-refractivity contribution in [3.8, 4) is 11.5 Å². The second-order valence-corrected chi connectivity index (χ2v) is 7.05. The summed E-state index contributed by atoms with van der Waals surface area (Å²) in [6.45, 7) is 4.56. The number of hydrogen-bond acceptors (Lipinski definition) is 4. The molecule has 1 aromatic rings. The van der Waals surface area contributed by atoms with Crippen molar-refractivity contribution in [3.63, 3.8) is 0 Å². The number of fused-ring (bicyclic) bond motifs is 3. The lowest BCUT2D eigenvalue weighted by Gasteiger charge is -2.39. The average Bonchev–Trinajstić information content (AvgIpc) is 3.15. The molecule has 0 bridgehead atoms. The summed E-state index contributed by atoms with van der Waals surface area (Å²) in [5.74, 6) is 1.81. The zero-order valence-electron chi connectivity index (χ0n) is 12.8. The van der Waals surface area contributed by atoms with E-state index in [1.165, 1.54) is 17.5 Å². The Kier molecular flexibility index (Phi) is 2.52. The third-order valence-electron chi connectivity index (χ3n) is 6.01. The Bertz CT molecular complexity index is 683. The molecule has 1 fully saturated rings. The van der Waals surface area contributed by atoms with E-state index in [1.807, 2.05) is 0 Å². The lowest BCUT2D eigenvalue weighted by Crippen LogP contribution is -2.46. The van der Waals surface area contributed by atoms with Gasteiger partial charge in [0.25, 0.3) is 0 Å². The molecular formula is C18H21NO3. The first-order valence-electron chi connectivity index (χ1n) is 8.24. The minimum Gasteiger partial charge on any atom is -0.454 e. The fourth-order valence-electron chi connectivity index (χ4n) is 5.06. The Morgan fingerprint density at radius 1 is 1.23 bits per heavy atom. The highest BCUT2D eigenvalue weighted by Gasteiger charge is 2.54. The molecule has 1 N–H and O–H groups in total. The maximum absolute atomic E-state index is 10.9. The predicted octanol–water partition coefficient (Wildman–Crippen LogP) is 2.21. The van der Waals surface area contributed by atoms with Gasteiger partial charge in [-0.2, -0.15) is 0 Å². The van der Waals surface area contributed by atoms with Gasteiger partial charge in [0.2, 0.25) is 6.79 Å². The minimum absolute atomic E-state index is 0.00243. The van der Waals surface area contributed by atoms with Crippen molar-refractivity contribution in [2.45, 2.75) is 43.7 Å². The predicted molar refractivity (Wildman–Crippen MR) is 82.3 cm³/mol. The summed E-state index contributed by atoms with van der Waals surface area (Å²) in [5.41, 5.74) is 3.68. The number of aliphatic hydroxyl groups is 1. The molecule has 1 aromatic carbocycles. The molecule has 4 aliphatic rings. The Morgan fingerprint density at radius 3 is 2.91 bits per heavy atom. The van der Waals surface area contributed by atoms with Gasteiger partial charge in [-0.15, -0.1) is 0 Å². The zero-order chi connectivity index (χ0) is 14.9. The molecule has 3 aliphatic heterocycles. The van der Waals surface area contributed by atoms with Crippen molar-refractivity contribution in [1.82, 2.24) is 4.90 Å². The standard InChI is InChI=1S/C18H21NO3/c1-11-9-18-4-2-5-19(18)6-3-12-7-14-15(22-10-21-14)8-13(12)16(18)17(11)20/h7-9,16-17,20H,2-6,10H2,1H3. The monoisotopic (exact) mass is 299 g/mol. The molecule has 4 heteroatoms. The van der Waals surface area contributed by atoms with Crippen LogP contribution in [0.4, 0.5) is 0 Å². The smallest absolute Gasteiger partial charge is 0.231 e. The number of nitrogens with zero attached hydrogens (tertiary/aromatic N) is 1. The first-order chi connectivity index (χ1) is 10.7. The van der Waals surface area contributed by atoms with Crippen LogP contribution in [0.1, 0.15) is 36.8 Å². The minimum atomic E-state index is -0.391. The molecule has 0 amide bonds. The van der Waals surface area contributed by atoms with Crippen molar-refractivity contribution in [2.24, 2.45) is 0 Å². The van der Waals surface area contributed by atoms with Crippen LogP contribution in [-0.4, -0.2) is 41.5 Å². The third-order valence-corrected chi connectivity index (χ3v) is 6.01. The second-order valence-electron chi connectivity index (χ2n) is 7.05. The van der Waals surface area contributed by atoms with Gasteiger partial charge in [0.05, 0.1) is 6.10 Å². The van der Waals surface area contributed by atoms with E-state index in [-0.39, 0.29) is 11.5 Å². The van der Waals surface area contributed by atoms with Crippen molar-refractivity contribution >= 4 is 0 Å². The molecular weight excluding hydrogens is 278 g/mol. The fraction of sp³-hybridized carbons (Fsp3) is 0.556. The summed E-state index contributed by atoms with van der Waals surface area (Å²) >= 11 is 0.